The van der Waals surface area contributed by atoms with Gasteiger partial charge < -0.3 is 9.80 Å². The Labute approximate surface area is 166 Å². The van der Waals surface area contributed by atoms with Gasteiger partial charge in [-0.3, -0.25) is 4.79 Å². The summed E-state index contributed by atoms with van der Waals surface area (Å²) in [5.74, 6) is 1.71. The lowest BCUT2D eigenvalue weighted by Crippen LogP contribution is -2.16. The maximum absolute atomic E-state index is 12.9. The van der Waals surface area contributed by atoms with E-state index in [1.165, 1.54) is 0 Å². The maximum Gasteiger partial charge on any atom is 0.186 e. The van der Waals surface area contributed by atoms with Gasteiger partial charge in [0.15, 0.2) is 5.78 Å². The van der Waals surface area contributed by atoms with E-state index in [1.54, 1.807) is 11.8 Å². The standard InChI is InChI=1S/C23H26N2OS/c1-24(2)21-9-5-17(6-10-21)13-19-15-27-16-20(23(19)26)14-18-7-11-22(12-8-18)25(3)4/h5-14H,15-16H2,1-4H3. The first-order chi connectivity index (χ1) is 12.9. The van der Waals surface area contributed by atoms with E-state index in [9.17, 15) is 4.79 Å². The molecule has 0 saturated carbocycles. The number of anilines is 2. The van der Waals surface area contributed by atoms with Crippen LogP contribution in [0.4, 0.5) is 11.4 Å². The summed E-state index contributed by atoms with van der Waals surface area (Å²) in [7, 11) is 8.10. The highest BCUT2D eigenvalue weighted by Gasteiger charge is 2.20. The maximum atomic E-state index is 12.9. The number of ketones is 1. The van der Waals surface area contributed by atoms with Crippen molar-refractivity contribution in [1.82, 2.24) is 0 Å². The quantitative estimate of drug-likeness (QED) is 0.726. The van der Waals surface area contributed by atoms with Crippen molar-refractivity contribution in [2.75, 3.05) is 49.5 Å². The molecule has 2 aromatic carbocycles. The molecule has 0 bridgehead atoms. The van der Waals surface area contributed by atoms with Gasteiger partial charge in [-0.05, 0) is 47.5 Å². The second kappa shape index (κ2) is 8.49. The Balaban J connectivity index is 1.80. The summed E-state index contributed by atoms with van der Waals surface area (Å²) in [4.78, 5) is 17.1. The van der Waals surface area contributed by atoms with Gasteiger partial charge in [0, 0.05) is 62.2 Å². The number of carbonyl (C=O) groups excluding carboxylic acids is 1. The minimum absolute atomic E-state index is 0.169. The third kappa shape index (κ3) is 4.83. The van der Waals surface area contributed by atoms with Gasteiger partial charge in [0.2, 0.25) is 0 Å². The van der Waals surface area contributed by atoms with Crippen molar-refractivity contribution in [1.29, 1.82) is 0 Å². The van der Waals surface area contributed by atoms with E-state index in [0.29, 0.717) is 0 Å². The zero-order chi connectivity index (χ0) is 19.4. The van der Waals surface area contributed by atoms with Gasteiger partial charge in [-0.2, -0.15) is 11.8 Å². The van der Waals surface area contributed by atoms with Crippen molar-refractivity contribution < 1.29 is 4.79 Å². The fraction of sp³-hybridized carbons (Fsp3) is 0.261. The summed E-state index contributed by atoms with van der Waals surface area (Å²) >= 11 is 1.80. The predicted octanol–water partition coefficient (Wildman–Crippen LogP) is 4.60. The van der Waals surface area contributed by atoms with E-state index in [2.05, 4.69) is 58.3 Å². The average molecular weight is 379 g/mol. The second-order valence-electron chi connectivity index (χ2n) is 7.13. The first-order valence-corrected chi connectivity index (χ1v) is 10.2. The van der Waals surface area contributed by atoms with Crippen LogP contribution in [0.5, 0.6) is 0 Å². The molecule has 1 aliphatic heterocycles. The molecule has 0 radical (unpaired) electrons. The van der Waals surface area contributed by atoms with E-state index in [1.807, 2.05) is 40.3 Å². The summed E-state index contributed by atoms with van der Waals surface area (Å²) in [6, 6.07) is 16.6. The van der Waals surface area contributed by atoms with Crippen molar-refractivity contribution in [3.8, 4) is 0 Å². The monoisotopic (exact) mass is 378 g/mol. The summed E-state index contributed by atoms with van der Waals surface area (Å²) in [6.07, 6.45) is 4.05. The topological polar surface area (TPSA) is 23.6 Å². The summed E-state index contributed by atoms with van der Waals surface area (Å²) in [6.45, 7) is 0. The van der Waals surface area contributed by atoms with E-state index in [-0.39, 0.29) is 5.78 Å². The van der Waals surface area contributed by atoms with Crippen molar-refractivity contribution in [3.63, 3.8) is 0 Å². The fourth-order valence-electron chi connectivity index (χ4n) is 2.96. The van der Waals surface area contributed by atoms with Crippen LogP contribution < -0.4 is 9.80 Å². The molecule has 1 fully saturated rings. The number of Topliss-reactive ketones (excluding diaryl/α,β-unsaturated/α-hetero) is 1. The number of nitrogens with zero attached hydrogens (tertiary/aromatic N) is 2. The minimum Gasteiger partial charge on any atom is -0.378 e. The lowest BCUT2D eigenvalue weighted by atomic mass is 10.0. The molecule has 0 aromatic heterocycles. The third-order valence-corrected chi connectivity index (χ3v) is 5.63. The van der Waals surface area contributed by atoms with Crippen molar-refractivity contribution in [2.24, 2.45) is 0 Å². The molecular formula is C23H26N2OS. The van der Waals surface area contributed by atoms with Crippen LogP contribution in [0.1, 0.15) is 11.1 Å². The molecule has 0 aliphatic carbocycles. The first kappa shape index (κ1) is 19.3. The Morgan fingerprint density at radius 3 is 1.41 bits per heavy atom. The molecule has 2 aromatic rings. The van der Waals surface area contributed by atoms with Gasteiger partial charge in [0.05, 0.1) is 0 Å². The predicted molar refractivity (Wildman–Crippen MR) is 120 cm³/mol. The molecule has 4 heteroatoms. The Hall–Kier alpha value is -2.46. The van der Waals surface area contributed by atoms with Gasteiger partial charge in [-0.25, -0.2) is 0 Å². The normalized spacial score (nSPS) is 17.4. The number of carbonyl (C=O) groups is 1. The van der Waals surface area contributed by atoms with Crippen LogP contribution in [0, 0.1) is 0 Å². The Morgan fingerprint density at radius 1 is 0.704 bits per heavy atom. The molecule has 3 nitrogen and oxygen atoms in total. The van der Waals surface area contributed by atoms with Crippen LogP contribution in [0.25, 0.3) is 12.2 Å². The lowest BCUT2D eigenvalue weighted by molar-refractivity contribution is -0.112. The summed E-state index contributed by atoms with van der Waals surface area (Å²) in [5, 5.41) is 0. The molecule has 0 amide bonds. The number of thioether (sulfide) groups is 1. The van der Waals surface area contributed by atoms with E-state index >= 15 is 0 Å². The molecule has 1 aliphatic rings. The molecule has 0 N–H and O–H groups in total. The molecule has 3 rings (SSSR count). The van der Waals surface area contributed by atoms with Gasteiger partial charge >= 0.3 is 0 Å². The molecule has 140 valence electrons. The van der Waals surface area contributed by atoms with Crippen LogP contribution in [-0.2, 0) is 4.79 Å². The summed E-state index contributed by atoms with van der Waals surface area (Å²) < 4.78 is 0. The lowest BCUT2D eigenvalue weighted by Gasteiger charge is -2.17. The number of hydrogen-bond donors (Lipinski definition) is 0. The van der Waals surface area contributed by atoms with Gasteiger partial charge in [-0.15, -0.1) is 0 Å². The highest BCUT2D eigenvalue weighted by molar-refractivity contribution is 7.99. The van der Waals surface area contributed by atoms with Crippen LogP contribution >= 0.6 is 11.8 Å². The smallest absolute Gasteiger partial charge is 0.186 e. The van der Waals surface area contributed by atoms with E-state index in [0.717, 1.165) is 45.2 Å². The molecule has 27 heavy (non-hydrogen) atoms. The highest BCUT2D eigenvalue weighted by Crippen LogP contribution is 2.27. The first-order valence-electron chi connectivity index (χ1n) is 9.02. The zero-order valence-electron chi connectivity index (χ0n) is 16.4. The second-order valence-corrected chi connectivity index (χ2v) is 8.12. The van der Waals surface area contributed by atoms with Gasteiger partial charge in [0.1, 0.15) is 0 Å². The fourth-order valence-corrected chi connectivity index (χ4v) is 3.93. The Morgan fingerprint density at radius 2 is 1.07 bits per heavy atom. The third-order valence-electron chi connectivity index (χ3n) is 4.60. The minimum atomic E-state index is 0.169. The molecular weight excluding hydrogens is 352 g/mol. The van der Waals surface area contributed by atoms with Crippen LogP contribution in [0.15, 0.2) is 59.7 Å². The van der Waals surface area contributed by atoms with Crippen LogP contribution in [0.2, 0.25) is 0 Å². The van der Waals surface area contributed by atoms with E-state index < -0.39 is 0 Å². The zero-order valence-corrected chi connectivity index (χ0v) is 17.2. The van der Waals surface area contributed by atoms with Crippen LogP contribution in [0.3, 0.4) is 0 Å². The van der Waals surface area contributed by atoms with Crippen LogP contribution in [-0.4, -0.2) is 45.5 Å². The Kier molecular flexibility index (Phi) is 6.07. The Bertz CT molecular complexity index is 791. The van der Waals surface area contributed by atoms with Crippen molar-refractivity contribution in [3.05, 3.63) is 70.8 Å². The average Bonchev–Trinajstić information content (AvgIpc) is 2.66. The largest absolute Gasteiger partial charge is 0.378 e. The molecule has 0 atom stereocenters. The van der Waals surface area contributed by atoms with Crippen molar-refractivity contribution >= 4 is 41.1 Å². The molecule has 1 heterocycles. The SMILES string of the molecule is CN(C)c1ccc(C=C2CSCC(=Cc3ccc(N(C)C)cc3)C2=O)cc1. The molecule has 0 unspecified atom stereocenters. The number of benzene rings is 2. The number of hydrogen-bond acceptors (Lipinski definition) is 4. The molecule has 0 spiro atoms. The summed E-state index contributed by atoms with van der Waals surface area (Å²) in [5.41, 5.74) is 6.20. The van der Waals surface area contributed by atoms with E-state index in [4.69, 9.17) is 0 Å². The highest BCUT2D eigenvalue weighted by atomic mass is 32.2. The van der Waals surface area contributed by atoms with Gasteiger partial charge in [0.25, 0.3) is 0 Å². The van der Waals surface area contributed by atoms with Gasteiger partial charge in [-0.1, -0.05) is 24.3 Å². The molecule has 1 saturated heterocycles. The van der Waals surface area contributed by atoms with Crippen molar-refractivity contribution in [2.45, 2.75) is 0 Å². The number of rotatable bonds is 4.